The maximum Gasteiger partial charge on any atom is 0.274 e. The van der Waals surface area contributed by atoms with E-state index < -0.39 is 0 Å². The molecule has 1 aromatic heterocycles. The van der Waals surface area contributed by atoms with Crippen molar-refractivity contribution in [2.45, 2.75) is 26.2 Å². The largest absolute Gasteiger partial charge is 0.330 e. The summed E-state index contributed by atoms with van der Waals surface area (Å²) in [6.45, 7) is 2.43. The predicted octanol–water partition coefficient (Wildman–Crippen LogP) is 1.43. The smallest absolute Gasteiger partial charge is 0.274 e. The van der Waals surface area contributed by atoms with Crippen LogP contribution in [0, 0.1) is 18.8 Å². The summed E-state index contributed by atoms with van der Waals surface area (Å²) in [5.41, 5.74) is 6.81. The van der Waals surface area contributed by atoms with E-state index in [-0.39, 0.29) is 35.7 Å². The van der Waals surface area contributed by atoms with Gasteiger partial charge in [-0.1, -0.05) is 6.42 Å². The highest BCUT2D eigenvalue weighted by molar-refractivity contribution is 5.92. The molecule has 6 heteroatoms. The Bertz CT molecular complexity index is 542. The van der Waals surface area contributed by atoms with Crippen LogP contribution in [0.15, 0.2) is 17.1 Å². The van der Waals surface area contributed by atoms with Gasteiger partial charge in [0.1, 0.15) is 5.69 Å². The zero-order valence-electron chi connectivity index (χ0n) is 11.9. The van der Waals surface area contributed by atoms with Gasteiger partial charge in [-0.15, -0.1) is 12.4 Å². The lowest BCUT2D eigenvalue weighted by atomic mass is 9.95. The first-order chi connectivity index (χ1) is 9.02. The number of nitrogens with two attached hydrogens (primary N) is 1. The molecule has 1 aliphatic carbocycles. The van der Waals surface area contributed by atoms with Crippen molar-refractivity contribution in [3.63, 3.8) is 0 Å². The van der Waals surface area contributed by atoms with Crippen LogP contribution in [-0.4, -0.2) is 17.0 Å². The summed E-state index contributed by atoms with van der Waals surface area (Å²) < 4.78 is 1.49. The SMILES string of the molecule is Cc1cc(NC(=O)[C@@H]2CCC[C@@H]2CN)c(=O)n(C)c1.Cl. The van der Waals surface area contributed by atoms with Crippen LogP contribution in [0.2, 0.25) is 0 Å². The van der Waals surface area contributed by atoms with Crippen LogP contribution >= 0.6 is 12.4 Å². The number of rotatable bonds is 3. The number of carbonyl (C=O) groups is 1. The molecule has 1 heterocycles. The fraction of sp³-hybridized carbons (Fsp3) is 0.571. The van der Waals surface area contributed by atoms with Crippen molar-refractivity contribution < 1.29 is 4.79 Å². The second kappa shape index (κ2) is 6.90. The molecular formula is C14H22ClN3O2. The van der Waals surface area contributed by atoms with E-state index in [1.54, 1.807) is 19.3 Å². The second-order valence-electron chi connectivity index (χ2n) is 5.37. The lowest BCUT2D eigenvalue weighted by molar-refractivity contribution is -0.120. The van der Waals surface area contributed by atoms with E-state index in [9.17, 15) is 9.59 Å². The maximum atomic E-state index is 12.2. The molecule has 0 aromatic carbocycles. The normalized spacial score (nSPS) is 21.4. The van der Waals surface area contributed by atoms with Gasteiger partial charge in [0.05, 0.1) is 0 Å². The van der Waals surface area contributed by atoms with Crippen molar-refractivity contribution in [1.29, 1.82) is 0 Å². The number of nitrogens with zero attached hydrogens (tertiary/aromatic N) is 1. The van der Waals surface area contributed by atoms with Crippen LogP contribution < -0.4 is 16.6 Å². The predicted molar refractivity (Wildman–Crippen MR) is 82.2 cm³/mol. The van der Waals surface area contributed by atoms with Gasteiger partial charge < -0.3 is 15.6 Å². The van der Waals surface area contributed by atoms with Crippen LogP contribution in [0.25, 0.3) is 0 Å². The molecule has 2 rings (SSSR count). The minimum absolute atomic E-state index is 0. The topological polar surface area (TPSA) is 77.1 Å². The summed E-state index contributed by atoms with van der Waals surface area (Å²) in [7, 11) is 1.68. The molecule has 0 radical (unpaired) electrons. The van der Waals surface area contributed by atoms with Crippen LogP contribution in [0.4, 0.5) is 5.69 Å². The maximum absolute atomic E-state index is 12.2. The van der Waals surface area contributed by atoms with E-state index in [0.29, 0.717) is 12.2 Å². The Labute approximate surface area is 125 Å². The molecule has 1 aliphatic rings. The molecule has 20 heavy (non-hydrogen) atoms. The average molecular weight is 300 g/mol. The lowest BCUT2D eigenvalue weighted by Crippen LogP contribution is -2.32. The van der Waals surface area contributed by atoms with E-state index in [4.69, 9.17) is 5.73 Å². The van der Waals surface area contributed by atoms with Crippen molar-refractivity contribution in [2.75, 3.05) is 11.9 Å². The standard InChI is InChI=1S/C14H21N3O2.ClH/c1-9-6-12(14(19)17(2)8-9)16-13(18)11-5-3-4-10(11)7-15;/h6,8,10-11H,3-5,7,15H2,1-2H3,(H,16,18);1H/t10-,11-;/m1./s1. The molecule has 5 nitrogen and oxygen atoms in total. The quantitative estimate of drug-likeness (QED) is 0.886. The molecule has 1 amide bonds. The number of aromatic nitrogens is 1. The van der Waals surface area contributed by atoms with Crippen LogP contribution in [0.3, 0.4) is 0 Å². The van der Waals surface area contributed by atoms with Gasteiger partial charge in [-0.3, -0.25) is 9.59 Å². The van der Waals surface area contributed by atoms with E-state index in [1.807, 2.05) is 6.92 Å². The molecule has 0 unspecified atom stereocenters. The van der Waals surface area contributed by atoms with Gasteiger partial charge in [0.2, 0.25) is 5.91 Å². The van der Waals surface area contributed by atoms with Crippen molar-refractivity contribution in [3.8, 4) is 0 Å². The zero-order chi connectivity index (χ0) is 14.0. The fourth-order valence-corrected chi connectivity index (χ4v) is 2.86. The zero-order valence-corrected chi connectivity index (χ0v) is 12.7. The van der Waals surface area contributed by atoms with E-state index in [2.05, 4.69) is 5.32 Å². The Kier molecular flexibility index (Phi) is 5.77. The molecule has 3 N–H and O–H groups in total. The molecule has 1 aromatic rings. The van der Waals surface area contributed by atoms with Crippen molar-refractivity contribution in [1.82, 2.24) is 4.57 Å². The Balaban J connectivity index is 0.00000200. The lowest BCUT2D eigenvalue weighted by Gasteiger charge is -2.17. The van der Waals surface area contributed by atoms with Gasteiger partial charge in [-0.05, 0) is 43.9 Å². The third-order valence-electron chi connectivity index (χ3n) is 3.88. The third kappa shape index (κ3) is 3.41. The first kappa shape index (κ1) is 16.7. The molecule has 0 spiro atoms. The summed E-state index contributed by atoms with van der Waals surface area (Å²) >= 11 is 0. The Hall–Kier alpha value is -1.33. The van der Waals surface area contributed by atoms with Crippen molar-refractivity contribution >= 4 is 24.0 Å². The number of amides is 1. The summed E-state index contributed by atoms with van der Waals surface area (Å²) in [5, 5.41) is 2.77. The average Bonchev–Trinajstić information content (AvgIpc) is 2.83. The Morgan fingerprint density at radius 2 is 2.20 bits per heavy atom. The Morgan fingerprint density at radius 1 is 1.50 bits per heavy atom. The van der Waals surface area contributed by atoms with Gasteiger partial charge >= 0.3 is 0 Å². The first-order valence-electron chi connectivity index (χ1n) is 6.71. The van der Waals surface area contributed by atoms with Gasteiger partial charge in [0.15, 0.2) is 0 Å². The number of hydrogen-bond acceptors (Lipinski definition) is 3. The highest BCUT2D eigenvalue weighted by atomic mass is 35.5. The molecule has 1 fully saturated rings. The number of hydrogen-bond donors (Lipinski definition) is 2. The van der Waals surface area contributed by atoms with E-state index >= 15 is 0 Å². The summed E-state index contributed by atoms with van der Waals surface area (Å²) in [6, 6.07) is 1.71. The minimum atomic E-state index is -0.179. The molecule has 112 valence electrons. The number of nitrogens with one attached hydrogen (secondary N) is 1. The molecule has 0 saturated heterocycles. The number of pyridine rings is 1. The fourth-order valence-electron chi connectivity index (χ4n) is 2.86. The van der Waals surface area contributed by atoms with E-state index in [1.165, 1.54) is 4.57 Å². The molecule has 0 bridgehead atoms. The monoisotopic (exact) mass is 299 g/mol. The van der Waals surface area contributed by atoms with Crippen LogP contribution in [0.5, 0.6) is 0 Å². The number of aryl methyl sites for hydroxylation is 2. The number of carbonyl (C=O) groups excluding carboxylic acids is 1. The third-order valence-corrected chi connectivity index (χ3v) is 3.88. The Morgan fingerprint density at radius 3 is 2.85 bits per heavy atom. The highest BCUT2D eigenvalue weighted by Crippen LogP contribution is 2.31. The second-order valence-corrected chi connectivity index (χ2v) is 5.37. The highest BCUT2D eigenvalue weighted by Gasteiger charge is 2.32. The number of halogens is 1. The molecule has 0 aliphatic heterocycles. The molecular weight excluding hydrogens is 278 g/mol. The number of anilines is 1. The van der Waals surface area contributed by atoms with Crippen molar-refractivity contribution in [3.05, 3.63) is 28.2 Å². The minimum Gasteiger partial charge on any atom is -0.330 e. The van der Waals surface area contributed by atoms with Gasteiger partial charge in [0.25, 0.3) is 5.56 Å². The summed E-state index contributed by atoms with van der Waals surface area (Å²) in [5.74, 6) is 0.111. The van der Waals surface area contributed by atoms with Gasteiger partial charge in [0, 0.05) is 19.2 Å². The summed E-state index contributed by atoms with van der Waals surface area (Å²) in [6.07, 6.45) is 4.64. The molecule has 2 atom stereocenters. The van der Waals surface area contributed by atoms with Crippen LogP contribution in [-0.2, 0) is 11.8 Å². The van der Waals surface area contributed by atoms with Gasteiger partial charge in [-0.2, -0.15) is 0 Å². The molecule has 1 saturated carbocycles. The first-order valence-corrected chi connectivity index (χ1v) is 6.71. The van der Waals surface area contributed by atoms with Crippen molar-refractivity contribution in [2.24, 2.45) is 24.6 Å². The van der Waals surface area contributed by atoms with Crippen LogP contribution in [0.1, 0.15) is 24.8 Å². The summed E-state index contributed by atoms with van der Waals surface area (Å²) in [4.78, 5) is 24.2. The van der Waals surface area contributed by atoms with Gasteiger partial charge in [-0.25, -0.2) is 0 Å². The van der Waals surface area contributed by atoms with E-state index in [0.717, 1.165) is 24.8 Å².